The van der Waals surface area contributed by atoms with Gasteiger partial charge in [-0.15, -0.1) is 11.3 Å². The number of carbonyl (C=O) groups excluding carboxylic acids is 1. The molecule has 1 amide bonds. The fraction of sp³-hybridized carbons (Fsp3) is 0.286. The van der Waals surface area contributed by atoms with Crippen molar-refractivity contribution in [2.45, 2.75) is 25.3 Å². The number of amides is 1. The first-order chi connectivity index (χ1) is 10.8. The third-order valence-electron chi connectivity index (χ3n) is 3.98. The largest absolute Gasteiger partial charge is 0.346 e. The molecule has 5 rings (SSSR count). The van der Waals surface area contributed by atoms with Gasteiger partial charge >= 0.3 is 0 Å². The second kappa shape index (κ2) is 4.26. The summed E-state index contributed by atoms with van der Waals surface area (Å²) in [5.74, 6) is 1.54. The highest BCUT2D eigenvalue weighted by atomic mass is 32.1. The summed E-state index contributed by atoms with van der Waals surface area (Å²) in [6.45, 7) is 0.386. The molecule has 1 fully saturated rings. The van der Waals surface area contributed by atoms with Crippen LogP contribution in [-0.2, 0) is 6.54 Å². The van der Waals surface area contributed by atoms with E-state index < -0.39 is 0 Å². The van der Waals surface area contributed by atoms with Crippen molar-refractivity contribution in [3.05, 3.63) is 34.9 Å². The van der Waals surface area contributed by atoms with Gasteiger partial charge in [0, 0.05) is 5.92 Å². The summed E-state index contributed by atoms with van der Waals surface area (Å²) in [6.07, 6.45) is 3.95. The van der Waals surface area contributed by atoms with Crippen molar-refractivity contribution in [1.29, 1.82) is 0 Å². The van der Waals surface area contributed by atoms with Crippen molar-refractivity contribution < 1.29 is 9.32 Å². The number of nitrogens with zero attached hydrogens (tertiary/aromatic N) is 4. The van der Waals surface area contributed by atoms with Gasteiger partial charge in [0.15, 0.2) is 11.5 Å². The number of carbonyl (C=O) groups is 1. The van der Waals surface area contributed by atoms with Gasteiger partial charge in [-0.3, -0.25) is 9.36 Å². The summed E-state index contributed by atoms with van der Waals surface area (Å²) in [5, 5.41) is 9.70. The van der Waals surface area contributed by atoms with Crippen molar-refractivity contribution in [3.8, 4) is 16.6 Å². The summed E-state index contributed by atoms with van der Waals surface area (Å²) in [4.78, 5) is 21.0. The van der Waals surface area contributed by atoms with Gasteiger partial charge in [0.05, 0.1) is 17.8 Å². The lowest BCUT2D eigenvalue weighted by Crippen LogP contribution is -2.21. The third-order valence-corrected chi connectivity index (χ3v) is 4.89. The van der Waals surface area contributed by atoms with Crippen LogP contribution >= 0.6 is 11.3 Å². The number of hydrogen-bond acceptors (Lipinski definition) is 6. The number of hydrogen-bond donors (Lipinski definition) is 1. The quantitative estimate of drug-likeness (QED) is 0.783. The molecule has 0 spiro atoms. The first-order valence-electron chi connectivity index (χ1n) is 7.07. The van der Waals surface area contributed by atoms with Crippen molar-refractivity contribution >= 4 is 17.2 Å². The lowest BCUT2D eigenvalue weighted by Gasteiger charge is -2.02. The van der Waals surface area contributed by atoms with E-state index in [0.717, 1.165) is 29.4 Å². The SMILES string of the molecule is O=C1NCc2c(-c3nc(C4CC4)no3)ncn2-c2sccc21. The van der Waals surface area contributed by atoms with Crippen LogP contribution in [-0.4, -0.2) is 25.6 Å². The Morgan fingerprint density at radius 3 is 3.18 bits per heavy atom. The summed E-state index contributed by atoms with van der Waals surface area (Å²) in [5.41, 5.74) is 2.17. The highest BCUT2D eigenvalue weighted by Crippen LogP contribution is 2.39. The van der Waals surface area contributed by atoms with E-state index in [9.17, 15) is 4.79 Å². The van der Waals surface area contributed by atoms with Gasteiger partial charge in [-0.05, 0) is 24.3 Å². The Labute approximate surface area is 129 Å². The van der Waals surface area contributed by atoms with E-state index >= 15 is 0 Å². The van der Waals surface area contributed by atoms with E-state index in [1.807, 2.05) is 16.0 Å². The fourth-order valence-corrected chi connectivity index (χ4v) is 3.55. The molecule has 22 heavy (non-hydrogen) atoms. The summed E-state index contributed by atoms with van der Waals surface area (Å²) >= 11 is 1.51. The average molecular weight is 313 g/mol. The molecule has 0 atom stereocenters. The molecular formula is C14H11N5O2S. The predicted octanol–water partition coefficient (Wildman–Crippen LogP) is 2.10. The summed E-state index contributed by atoms with van der Waals surface area (Å²) in [6, 6.07) is 1.82. The van der Waals surface area contributed by atoms with Crippen LogP contribution in [0.3, 0.4) is 0 Å². The molecule has 1 aliphatic carbocycles. The van der Waals surface area contributed by atoms with Crippen molar-refractivity contribution in [2.24, 2.45) is 0 Å². The topological polar surface area (TPSA) is 85.8 Å². The number of thiophene rings is 1. The van der Waals surface area contributed by atoms with Crippen LogP contribution in [0.4, 0.5) is 0 Å². The van der Waals surface area contributed by atoms with E-state index in [1.54, 1.807) is 6.33 Å². The van der Waals surface area contributed by atoms with Gasteiger partial charge < -0.3 is 9.84 Å². The number of fused-ring (bicyclic) bond motifs is 3. The van der Waals surface area contributed by atoms with E-state index in [2.05, 4.69) is 20.4 Å². The molecule has 0 unspecified atom stereocenters. The van der Waals surface area contributed by atoms with Crippen LogP contribution in [0.5, 0.6) is 0 Å². The molecule has 4 heterocycles. The number of nitrogens with one attached hydrogen (secondary N) is 1. The maximum Gasteiger partial charge on any atom is 0.278 e. The van der Waals surface area contributed by atoms with Crippen LogP contribution < -0.4 is 5.32 Å². The molecule has 1 aliphatic heterocycles. The minimum Gasteiger partial charge on any atom is -0.346 e. The van der Waals surface area contributed by atoms with Crippen LogP contribution in [0.1, 0.15) is 40.6 Å². The standard InChI is InChI=1S/C14H11N5O2S/c20-12-8-3-4-22-14(8)19-6-16-10(9(19)5-15-12)13-17-11(18-21-13)7-1-2-7/h3-4,6-7H,1-2,5H2,(H,15,20). The van der Waals surface area contributed by atoms with Gasteiger partial charge in [0.1, 0.15) is 11.3 Å². The maximum absolute atomic E-state index is 12.1. The van der Waals surface area contributed by atoms with E-state index in [4.69, 9.17) is 4.52 Å². The van der Waals surface area contributed by atoms with Crippen molar-refractivity contribution in [3.63, 3.8) is 0 Å². The molecule has 0 aromatic carbocycles. The highest BCUT2D eigenvalue weighted by molar-refractivity contribution is 7.13. The Morgan fingerprint density at radius 1 is 1.41 bits per heavy atom. The summed E-state index contributed by atoms with van der Waals surface area (Å²) < 4.78 is 7.29. The van der Waals surface area contributed by atoms with E-state index in [0.29, 0.717) is 29.6 Å². The monoisotopic (exact) mass is 313 g/mol. The Hall–Kier alpha value is -2.48. The normalized spacial score (nSPS) is 16.8. The van der Waals surface area contributed by atoms with Gasteiger partial charge in [0.2, 0.25) is 0 Å². The zero-order valence-electron chi connectivity index (χ0n) is 11.4. The van der Waals surface area contributed by atoms with Gasteiger partial charge in [-0.1, -0.05) is 5.16 Å². The lowest BCUT2D eigenvalue weighted by atomic mass is 10.3. The number of imidazole rings is 1. The Kier molecular flexibility index (Phi) is 2.34. The second-order valence-corrected chi connectivity index (χ2v) is 6.36. The first-order valence-corrected chi connectivity index (χ1v) is 7.95. The van der Waals surface area contributed by atoms with E-state index in [1.165, 1.54) is 11.3 Å². The first kappa shape index (κ1) is 12.1. The second-order valence-electron chi connectivity index (χ2n) is 5.46. The molecule has 3 aromatic heterocycles. The lowest BCUT2D eigenvalue weighted by molar-refractivity contribution is 0.0953. The Bertz CT molecular complexity index is 889. The van der Waals surface area contributed by atoms with Crippen LogP contribution in [0, 0.1) is 0 Å². The third kappa shape index (κ3) is 1.67. The van der Waals surface area contributed by atoms with Crippen LogP contribution in [0.25, 0.3) is 16.6 Å². The molecule has 0 saturated heterocycles. The fourth-order valence-electron chi connectivity index (χ4n) is 2.65. The molecule has 0 bridgehead atoms. The van der Waals surface area contributed by atoms with Crippen LogP contribution in [0.2, 0.25) is 0 Å². The zero-order valence-corrected chi connectivity index (χ0v) is 12.3. The number of rotatable bonds is 2. The highest BCUT2D eigenvalue weighted by Gasteiger charge is 2.31. The molecule has 1 N–H and O–H groups in total. The van der Waals surface area contributed by atoms with Gasteiger partial charge in [0.25, 0.3) is 11.8 Å². The minimum atomic E-state index is -0.0740. The molecule has 3 aromatic rings. The maximum atomic E-state index is 12.1. The van der Waals surface area contributed by atoms with Gasteiger partial charge in [-0.2, -0.15) is 4.98 Å². The van der Waals surface area contributed by atoms with Gasteiger partial charge in [-0.25, -0.2) is 4.98 Å². The number of aromatic nitrogens is 4. The molecule has 8 heteroatoms. The van der Waals surface area contributed by atoms with E-state index in [-0.39, 0.29) is 5.91 Å². The zero-order chi connectivity index (χ0) is 14.7. The molecule has 2 aliphatic rings. The smallest absolute Gasteiger partial charge is 0.278 e. The average Bonchev–Trinajstić information content (AvgIpc) is 2.98. The minimum absolute atomic E-state index is 0.0740. The molecule has 110 valence electrons. The molecule has 0 radical (unpaired) electrons. The molecular weight excluding hydrogens is 302 g/mol. The van der Waals surface area contributed by atoms with Crippen molar-refractivity contribution in [1.82, 2.24) is 25.0 Å². The molecule has 7 nitrogen and oxygen atoms in total. The van der Waals surface area contributed by atoms with Crippen LogP contribution in [0.15, 0.2) is 22.3 Å². The Balaban J connectivity index is 1.64. The molecule has 1 saturated carbocycles. The summed E-state index contributed by atoms with van der Waals surface area (Å²) in [7, 11) is 0. The predicted molar refractivity (Wildman–Crippen MR) is 77.9 cm³/mol. The van der Waals surface area contributed by atoms with Crippen molar-refractivity contribution in [2.75, 3.05) is 0 Å². The Morgan fingerprint density at radius 2 is 2.32 bits per heavy atom.